The van der Waals surface area contributed by atoms with Crippen LogP contribution in [0.2, 0.25) is 0 Å². The van der Waals surface area contributed by atoms with Crippen LogP contribution in [0.25, 0.3) is 0 Å². The van der Waals surface area contributed by atoms with Crippen LogP contribution in [0.15, 0.2) is 24.3 Å². The third-order valence-electron chi connectivity index (χ3n) is 14.2. The predicted molar refractivity (Wildman–Crippen MR) is 170 cm³/mol. The molecule has 7 bridgehead atoms. The molecule has 2 amide bonds. The molecule has 1 aromatic rings. The topological polar surface area (TPSA) is 144 Å². The second-order valence-corrected chi connectivity index (χ2v) is 15.4. The van der Waals surface area contributed by atoms with Gasteiger partial charge >= 0.3 is 5.97 Å². The Bertz CT molecular complexity index is 1510. The summed E-state index contributed by atoms with van der Waals surface area (Å²) in [7, 11) is 6.70. The summed E-state index contributed by atoms with van der Waals surface area (Å²) < 4.78 is 31.3. The summed E-state index contributed by atoms with van der Waals surface area (Å²) >= 11 is 0. The Morgan fingerprint density at radius 1 is 1.00 bits per heavy atom. The number of anilines is 1. The van der Waals surface area contributed by atoms with E-state index in [9.17, 15) is 24.6 Å². The van der Waals surface area contributed by atoms with E-state index in [0.29, 0.717) is 25.9 Å². The molecule has 5 saturated carbocycles. The molecule has 7 aliphatic rings. The van der Waals surface area contributed by atoms with Crippen LogP contribution in [-0.4, -0.2) is 123 Å². The van der Waals surface area contributed by atoms with Gasteiger partial charge < -0.3 is 33.9 Å². The van der Waals surface area contributed by atoms with Gasteiger partial charge in [0.2, 0.25) is 11.8 Å². The second-order valence-electron chi connectivity index (χ2n) is 15.4. The van der Waals surface area contributed by atoms with E-state index in [0.717, 1.165) is 11.3 Å². The third-order valence-corrected chi connectivity index (χ3v) is 14.2. The highest BCUT2D eigenvalue weighted by Gasteiger charge is 2.91. The fourth-order valence-electron chi connectivity index (χ4n) is 13.0. The van der Waals surface area contributed by atoms with Gasteiger partial charge in [0.15, 0.2) is 0 Å². The van der Waals surface area contributed by atoms with Crippen LogP contribution in [0.3, 0.4) is 0 Å². The highest BCUT2D eigenvalue weighted by molar-refractivity contribution is 6.21. The first kappa shape index (κ1) is 32.7. The average molecular weight is 669 g/mol. The molecule has 2 saturated heterocycles. The van der Waals surface area contributed by atoms with E-state index >= 15 is 0 Å². The van der Waals surface area contributed by atoms with Gasteiger partial charge in [-0.1, -0.05) is 19.1 Å². The molecule has 5 aliphatic carbocycles. The Morgan fingerprint density at radius 3 is 2.38 bits per heavy atom. The molecule has 1 aromatic carbocycles. The zero-order valence-corrected chi connectivity index (χ0v) is 28.4. The van der Waals surface area contributed by atoms with Crippen LogP contribution in [0.4, 0.5) is 5.69 Å². The van der Waals surface area contributed by atoms with Crippen LogP contribution in [0.5, 0.6) is 0 Å². The molecule has 48 heavy (non-hydrogen) atoms. The largest absolute Gasteiger partial charge is 0.461 e. The lowest BCUT2D eigenvalue weighted by atomic mass is 9.42. The molecule has 12 nitrogen and oxygen atoms in total. The Labute approximate surface area is 280 Å². The zero-order chi connectivity index (χ0) is 34.0. The van der Waals surface area contributed by atoms with Crippen molar-refractivity contribution in [2.45, 2.75) is 87.1 Å². The van der Waals surface area contributed by atoms with E-state index in [4.69, 9.17) is 23.7 Å². The average Bonchev–Trinajstić information content (AvgIpc) is 3.66. The quantitative estimate of drug-likeness (QED) is 0.294. The lowest BCUT2D eigenvalue weighted by Crippen LogP contribution is -2.82. The molecular formula is C36H48N2O10. The molecule has 6 unspecified atom stereocenters. The number of nitrogens with zero attached hydrogens (tertiary/aromatic N) is 2. The molecule has 1 spiro atoms. The number of aliphatic hydroxyl groups is 2. The van der Waals surface area contributed by atoms with Crippen molar-refractivity contribution in [1.29, 1.82) is 0 Å². The lowest BCUT2D eigenvalue weighted by molar-refractivity contribution is -0.320. The molecule has 2 N–H and O–H groups in total. The summed E-state index contributed by atoms with van der Waals surface area (Å²) in [6.45, 7) is 3.24. The van der Waals surface area contributed by atoms with Gasteiger partial charge in [-0.25, -0.2) is 9.69 Å². The number of methoxy groups -OCH3 is 4. The SMILES string of the molecule is CCN1C[C@]2(COC(=O)c3ccccc3N3C(=O)CCC3=O)CC[C@H](OC)[C@@]34C5C[C@H]6C(OC)C5[C@](O)(C[C@@H]6OC)[C@](O)(C(OC)C23)C14. The van der Waals surface area contributed by atoms with Crippen LogP contribution < -0.4 is 4.90 Å². The number of benzene rings is 1. The molecule has 12 heteroatoms. The van der Waals surface area contributed by atoms with E-state index in [1.165, 1.54) is 0 Å². The Balaban J connectivity index is 1.24. The minimum atomic E-state index is -1.69. The number of fused-ring (bicyclic) bond motifs is 2. The first-order valence-corrected chi connectivity index (χ1v) is 17.5. The van der Waals surface area contributed by atoms with Crippen molar-refractivity contribution >= 4 is 23.5 Å². The maximum atomic E-state index is 14.0. The summed E-state index contributed by atoms with van der Waals surface area (Å²) in [6.07, 6.45) is 0.951. The first-order valence-electron chi connectivity index (χ1n) is 17.5. The van der Waals surface area contributed by atoms with Crippen molar-refractivity contribution in [3.05, 3.63) is 29.8 Å². The summed E-state index contributed by atoms with van der Waals surface area (Å²) in [5, 5.41) is 26.5. The smallest absolute Gasteiger partial charge is 0.340 e. The predicted octanol–water partition coefficient (Wildman–Crippen LogP) is 1.79. The summed E-state index contributed by atoms with van der Waals surface area (Å²) in [6, 6.07) is 6.11. The van der Waals surface area contributed by atoms with Gasteiger partial charge in [-0.05, 0) is 43.9 Å². The van der Waals surface area contributed by atoms with Gasteiger partial charge in [0, 0.05) is 82.8 Å². The van der Waals surface area contributed by atoms with Gasteiger partial charge in [0.1, 0.15) is 11.2 Å². The van der Waals surface area contributed by atoms with Crippen molar-refractivity contribution in [3.8, 4) is 0 Å². The van der Waals surface area contributed by atoms with E-state index in [-0.39, 0.29) is 90.9 Å². The fraction of sp³-hybridized carbons (Fsp3) is 0.750. The van der Waals surface area contributed by atoms with E-state index in [1.54, 1.807) is 52.7 Å². The number of imide groups is 1. The molecule has 2 aliphatic heterocycles. The number of rotatable bonds is 9. The summed E-state index contributed by atoms with van der Waals surface area (Å²) in [5.74, 6) is -2.00. The van der Waals surface area contributed by atoms with Gasteiger partial charge in [-0.15, -0.1) is 0 Å². The van der Waals surface area contributed by atoms with Gasteiger partial charge in [0.05, 0.1) is 48.3 Å². The number of carbonyl (C=O) groups is 3. The Morgan fingerprint density at radius 2 is 1.73 bits per heavy atom. The fourth-order valence-corrected chi connectivity index (χ4v) is 13.0. The molecule has 262 valence electrons. The molecule has 13 atom stereocenters. The number of para-hydroxylation sites is 1. The van der Waals surface area contributed by atoms with Crippen molar-refractivity contribution in [1.82, 2.24) is 4.90 Å². The summed E-state index contributed by atoms with van der Waals surface area (Å²) in [5.41, 5.74) is -4.15. The monoisotopic (exact) mass is 668 g/mol. The molecule has 0 radical (unpaired) electrons. The van der Waals surface area contributed by atoms with Crippen molar-refractivity contribution in [2.24, 2.45) is 34.5 Å². The standard InChI is InChI=1S/C36H48N2O10/c1-6-37-17-33(18-48-31(41)19-9-7-8-10-22(19)38-25(39)11-12-26(38)40)14-13-24(45-3)35-21-15-20-23(44-2)16-34(42,27(21)28(20)46-4)36(43,32(35)37)30(47-5)29(33)35/h7-10,20-21,23-24,27-30,32,42-43H,6,11-18H2,1-5H3/t20-,21?,23+,24+,27?,28?,29?,30?,32?,33+,34-,35+,36+/m1/s1. The van der Waals surface area contributed by atoms with Gasteiger partial charge in [-0.3, -0.25) is 14.5 Å². The number of amides is 2. The minimum Gasteiger partial charge on any atom is -0.461 e. The Hall–Kier alpha value is -2.45. The maximum absolute atomic E-state index is 14.0. The van der Waals surface area contributed by atoms with Crippen LogP contribution in [0, 0.1) is 34.5 Å². The van der Waals surface area contributed by atoms with Crippen LogP contribution in [-0.2, 0) is 33.3 Å². The first-order chi connectivity index (χ1) is 23.0. The van der Waals surface area contributed by atoms with E-state index in [2.05, 4.69) is 11.8 Å². The number of piperidine rings is 1. The number of likely N-dealkylation sites (tertiary alicyclic amines) is 1. The van der Waals surface area contributed by atoms with Gasteiger partial charge in [-0.2, -0.15) is 0 Å². The lowest BCUT2D eigenvalue weighted by Gasteiger charge is -2.70. The maximum Gasteiger partial charge on any atom is 0.340 e. The Kier molecular flexibility index (Phi) is 7.52. The molecule has 7 fully saturated rings. The van der Waals surface area contributed by atoms with E-state index < -0.39 is 40.1 Å². The molecular weight excluding hydrogens is 620 g/mol. The van der Waals surface area contributed by atoms with Crippen LogP contribution >= 0.6 is 0 Å². The van der Waals surface area contributed by atoms with E-state index in [1.807, 2.05) is 0 Å². The normalized spacial score (nSPS) is 47.1. The summed E-state index contributed by atoms with van der Waals surface area (Å²) in [4.78, 5) is 42.6. The van der Waals surface area contributed by atoms with Crippen molar-refractivity contribution in [3.63, 3.8) is 0 Å². The molecule has 0 aromatic heterocycles. The highest BCUT2D eigenvalue weighted by atomic mass is 16.5. The number of carbonyl (C=O) groups excluding carboxylic acids is 3. The van der Waals surface area contributed by atoms with Crippen molar-refractivity contribution in [2.75, 3.05) is 53.0 Å². The number of hydrogen-bond donors (Lipinski definition) is 2. The number of hydrogen-bond acceptors (Lipinski definition) is 11. The number of ether oxygens (including phenoxy) is 5. The third kappa shape index (κ3) is 3.67. The molecule has 8 rings (SSSR count). The number of esters is 1. The number of likely N-dealkylation sites (N-methyl/N-ethyl adjacent to an activating group) is 1. The zero-order valence-electron chi connectivity index (χ0n) is 28.4. The molecule has 2 heterocycles. The van der Waals surface area contributed by atoms with Gasteiger partial charge in [0.25, 0.3) is 0 Å². The minimum absolute atomic E-state index is 0.0394. The second kappa shape index (κ2) is 11.0. The highest BCUT2D eigenvalue weighted by Crippen LogP contribution is 2.80. The van der Waals surface area contributed by atoms with Crippen LogP contribution in [0.1, 0.15) is 55.8 Å². The van der Waals surface area contributed by atoms with Crippen molar-refractivity contribution < 1.29 is 48.3 Å².